The monoisotopic (exact) mass is 359 g/mol. The third kappa shape index (κ3) is 3.38. The molecule has 1 aromatic rings. The zero-order chi connectivity index (χ0) is 18.7. The number of methoxy groups -OCH3 is 1. The number of hydrogen-bond donors (Lipinski definition) is 2. The first-order chi connectivity index (χ1) is 12.5. The molecule has 26 heavy (non-hydrogen) atoms. The van der Waals surface area contributed by atoms with E-state index in [0.717, 1.165) is 29.1 Å². The van der Waals surface area contributed by atoms with E-state index in [-0.39, 0.29) is 24.4 Å². The predicted octanol–water partition coefficient (Wildman–Crippen LogP) is 2.13. The van der Waals surface area contributed by atoms with Gasteiger partial charge in [-0.1, -0.05) is 31.9 Å². The van der Waals surface area contributed by atoms with E-state index >= 15 is 0 Å². The molecule has 3 rings (SSSR count). The van der Waals surface area contributed by atoms with Crippen molar-refractivity contribution in [2.24, 2.45) is 0 Å². The quantitative estimate of drug-likeness (QED) is 0.762. The standard InChI is InChI=1S/C19H25N3O4/c1-3-15(13-6-8-14(26-2)9-7-13)20-16(23)12-22-17(24)19(21-18(22)25)10-4-5-11-19/h6-9,15H,3-5,10-12H2,1-2H3,(H,20,23)(H,21,25). The molecule has 0 radical (unpaired) electrons. The van der Waals surface area contributed by atoms with E-state index in [1.807, 2.05) is 31.2 Å². The minimum atomic E-state index is -0.780. The van der Waals surface area contributed by atoms with Crippen LogP contribution < -0.4 is 15.4 Å². The number of carbonyl (C=O) groups is 3. The van der Waals surface area contributed by atoms with E-state index in [2.05, 4.69) is 10.6 Å². The third-order valence-electron chi connectivity index (χ3n) is 5.27. The molecule has 0 aromatic heterocycles. The molecule has 1 heterocycles. The van der Waals surface area contributed by atoms with Crippen LogP contribution in [0.15, 0.2) is 24.3 Å². The molecule has 7 heteroatoms. The van der Waals surface area contributed by atoms with Crippen molar-refractivity contribution in [2.45, 2.75) is 50.6 Å². The summed E-state index contributed by atoms with van der Waals surface area (Å²) in [5.74, 6) is 0.134. The molecule has 1 saturated heterocycles. The number of nitrogens with one attached hydrogen (secondary N) is 2. The number of benzene rings is 1. The van der Waals surface area contributed by atoms with Crippen molar-refractivity contribution in [3.63, 3.8) is 0 Å². The van der Waals surface area contributed by atoms with E-state index in [4.69, 9.17) is 4.74 Å². The van der Waals surface area contributed by atoms with Gasteiger partial charge in [-0.2, -0.15) is 0 Å². The molecule has 1 unspecified atom stereocenters. The summed E-state index contributed by atoms with van der Waals surface area (Å²) in [6, 6.07) is 6.82. The van der Waals surface area contributed by atoms with Gasteiger partial charge in [0.1, 0.15) is 17.8 Å². The maximum Gasteiger partial charge on any atom is 0.325 e. The lowest BCUT2D eigenvalue weighted by molar-refractivity contribution is -0.135. The Morgan fingerprint density at radius 2 is 1.92 bits per heavy atom. The van der Waals surface area contributed by atoms with Gasteiger partial charge in [-0.3, -0.25) is 14.5 Å². The zero-order valence-corrected chi connectivity index (χ0v) is 15.2. The van der Waals surface area contributed by atoms with E-state index in [0.29, 0.717) is 19.3 Å². The lowest BCUT2D eigenvalue weighted by Crippen LogP contribution is -2.45. The molecular formula is C19H25N3O4. The van der Waals surface area contributed by atoms with Crippen LogP contribution in [0.4, 0.5) is 4.79 Å². The van der Waals surface area contributed by atoms with Gasteiger partial charge in [0.25, 0.3) is 5.91 Å². The van der Waals surface area contributed by atoms with Gasteiger partial charge in [-0.05, 0) is 37.0 Å². The summed E-state index contributed by atoms with van der Waals surface area (Å²) in [6.07, 6.45) is 3.84. The molecule has 2 aliphatic rings. The van der Waals surface area contributed by atoms with Crippen molar-refractivity contribution in [1.29, 1.82) is 0 Å². The number of rotatable bonds is 6. The summed E-state index contributed by atoms with van der Waals surface area (Å²) in [5, 5.41) is 5.70. The second-order valence-electron chi connectivity index (χ2n) is 6.91. The number of carbonyl (C=O) groups excluding carboxylic acids is 3. The molecule has 1 aliphatic heterocycles. The summed E-state index contributed by atoms with van der Waals surface area (Å²) in [6.45, 7) is 1.72. The van der Waals surface area contributed by atoms with Crippen molar-refractivity contribution in [1.82, 2.24) is 15.5 Å². The lowest BCUT2D eigenvalue weighted by atomic mass is 9.98. The fourth-order valence-electron chi connectivity index (χ4n) is 3.78. The van der Waals surface area contributed by atoms with E-state index in [1.54, 1.807) is 7.11 Å². The summed E-state index contributed by atoms with van der Waals surface area (Å²) >= 11 is 0. The molecule has 1 aliphatic carbocycles. The molecule has 1 saturated carbocycles. The normalized spacial score (nSPS) is 19.5. The number of ether oxygens (including phenoxy) is 1. The van der Waals surface area contributed by atoms with Crippen LogP contribution in [0.1, 0.15) is 50.6 Å². The Labute approximate surface area is 153 Å². The van der Waals surface area contributed by atoms with Gasteiger partial charge in [0.2, 0.25) is 5.91 Å². The summed E-state index contributed by atoms with van der Waals surface area (Å²) in [7, 11) is 1.60. The van der Waals surface area contributed by atoms with Crippen molar-refractivity contribution >= 4 is 17.8 Å². The second kappa shape index (κ2) is 7.35. The fourth-order valence-corrected chi connectivity index (χ4v) is 3.78. The van der Waals surface area contributed by atoms with Crippen LogP contribution in [0.2, 0.25) is 0 Å². The first kappa shape index (κ1) is 18.2. The predicted molar refractivity (Wildman–Crippen MR) is 95.6 cm³/mol. The molecule has 140 valence electrons. The molecule has 0 bridgehead atoms. The van der Waals surface area contributed by atoms with E-state index < -0.39 is 11.6 Å². The Morgan fingerprint density at radius 1 is 1.27 bits per heavy atom. The largest absolute Gasteiger partial charge is 0.497 e. The Kier molecular flexibility index (Phi) is 5.15. The maximum atomic E-state index is 12.6. The highest BCUT2D eigenvalue weighted by Crippen LogP contribution is 2.34. The number of urea groups is 1. The number of amides is 4. The second-order valence-corrected chi connectivity index (χ2v) is 6.91. The molecular weight excluding hydrogens is 334 g/mol. The maximum absolute atomic E-state index is 12.6. The first-order valence-electron chi connectivity index (χ1n) is 9.06. The van der Waals surface area contributed by atoms with Crippen LogP contribution in [0.25, 0.3) is 0 Å². The van der Waals surface area contributed by atoms with Gasteiger partial charge in [0.15, 0.2) is 0 Å². The molecule has 1 spiro atoms. The van der Waals surface area contributed by atoms with E-state index in [1.165, 1.54) is 0 Å². The third-order valence-corrected chi connectivity index (χ3v) is 5.27. The SMILES string of the molecule is CCC(NC(=O)CN1C(=O)NC2(CCCC2)C1=O)c1ccc(OC)cc1. The van der Waals surface area contributed by atoms with Crippen LogP contribution >= 0.6 is 0 Å². The Bertz CT molecular complexity index is 695. The lowest BCUT2D eigenvalue weighted by Gasteiger charge is -2.21. The number of hydrogen-bond acceptors (Lipinski definition) is 4. The molecule has 2 N–H and O–H groups in total. The van der Waals surface area contributed by atoms with Gasteiger partial charge in [-0.15, -0.1) is 0 Å². The minimum absolute atomic E-state index is 0.186. The van der Waals surface area contributed by atoms with Crippen LogP contribution in [0, 0.1) is 0 Å². The van der Waals surface area contributed by atoms with E-state index in [9.17, 15) is 14.4 Å². The highest BCUT2D eigenvalue weighted by Gasteiger charge is 2.52. The Morgan fingerprint density at radius 3 is 2.50 bits per heavy atom. The average Bonchev–Trinajstić information content (AvgIpc) is 3.21. The van der Waals surface area contributed by atoms with Gasteiger partial charge >= 0.3 is 6.03 Å². The highest BCUT2D eigenvalue weighted by atomic mass is 16.5. The molecule has 4 amide bonds. The van der Waals surface area contributed by atoms with Crippen LogP contribution in [0.3, 0.4) is 0 Å². The van der Waals surface area contributed by atoms with Crippen molar-refractivity contribution in [3.05, 3.63) is 29.8 Å². The smallest absolute Gasteiger partial charge is 0.325 e. The van der Waals surface area contributed by atoms with Gasteiger partial charge in [-0.25, -0.2) is 4.79 Å². The van der Waals surface area contributed by atoms with Crippen LogP contribution in [-0.4, -0.2) is 41.9 Å². The van der Waals surface area contributed by atoms with Crippen LogP contribution in [0.5, 0.6) is 5.75 Å². The van der Waals surface area contributed by atoms with Gasteiger partial charge in [0, 0.05) is 0 Å². The van der Waals surface area contributed by atoms with Crippen molar-refractivity contribution in [2.75, 3.05) is 13.7 Å². The fraction of sp³-hybridized carbons (Fsp3) is 0.526. The molecule has 7 nitrogen and oxygen atoms in total. The van der Waals surface area contributed by atoms with Crippen molar-refractivity contribution < 1.29 is 19.1 Å². The van der Waals surface area contributed by atoms with Crippen LogP contribution in [-0.2, 0) is 9.59 Å². The topological polar surface area (TPSA) is 87.7 Å². The average molecular weight is 359 g/mol. The molecule has 1 aromatic carbocycles. The molecule has 2 fully saturated rings. The zero-order valence-electron chi connectivity index (χ0n) is 15.2. The number of nitrogens with zero attached hydrogens (tertiary/aromatic N) is 1. The van der Waals surface area contributed by atoms with Gasteiger partial charge < -0.3 is 15.4 Å². The summed E-state index contributed by atoms with van der Waals surface area (Å²) in [5.41, 5.74) is 0.170. The minimum Gasteiger partial charge on any atom is -0.497 e. The Hall–Kier alpha value is -2.57. The van der Waals surface area contributed by atoms with Crippen molar-refractivity contribution in [3.8, 4) is 5.75 Å². The van der Waals surface area contributed by atoms with Gasteiger partial charge in [0.05, 0.1) is 13.2 Å². The summed E-state index contributed by atoms with van der Waals surface area (Å²) < 4.78 is 5.15. The molecule has 1 atom stereocenters. The first-order valence-corrected chi connectivity index (χ1v) is 9.06. The Balaban J connectivity index is 1.63. The number of imide groups is 1. The summed E-state index contributed by atoms with van der Waals surface area (Å²) in [4.78, 5) is 38.3. The highest BCUT2D eigenvalue weighted by molar-refractivity contribution is 6.09.